The van der Waals surface area contributed by atoms with Gasteiger partial charge in [0.25, 0.3) is 5.91 Å². The van der Waals surface area contributed by atoms with E-state index in [0.717, 1.165) is 66.4 Å². The lowest BCUT2D eigenvalue weighted by molar-refractivity contribution is 0.0383. The van der Waals surface area contributed by atoms with E-state index in [1.165, 1.54) is 0 Å². The predicted octanol–water partition coefficient (Wildman–Crippen LogP) is 4.69. The number of hydrogen-bond donors (Lipinski definition) is 3. The van der Waals surface area contributed by atoms with E-state index in [2.05, 4.69) is 25.7 Å². The number of morpholine rings is 1. The molecule has 34 heavy (non-hydrogen) atoms. The van der Waals surface area contributed by atoms with Gasteiger partial charge in [-0.05, 0) is 42.5 Å². The van der Waals surface area contributed by atoms with Gasteiger partial charge in [-0.15, -0.1) is 0 Å². The molecule has 8 heteroatoms. The third kappa shape index (κ3) is 5.07. The Morgan fingerprint density at radius 2 is 1.91 bits per heavy atom. The Bertz CT molecular complexity index is 1300. The van der Waals surface area contributed by atoms with Crippen LogP contribution < -0.4 is 10.6 Å². The normalized spacial score (nSPS) is 14.3. The number of anilines is 2. The van der Waals surface area contributed by atoms with Crippen molar-refractivity contribution < 1.29 is 9.53 Å². The molecule has 0 aliphatic carbocycles. The van der Waals surface area contributed by atoms with Crippen LogP contribution in [-0.4, -0.2) is 60.4 Å². The van der Waals surface area contributed by atoms with Gasteiger partial charge in [-0.25, -0.2) is 0 Å². The second kappa shape index (κ2) is 10.3. The monoisotopic (exact) mass is 475 g/mol. The molecule has 7 nitrogen and oxygen atoms in total. The van der Waals surface area contributed by atoms with Crippen LogP contribution in [0.5, 0.6) is 0 Å². The smallest absolute Gasteiger partial charge is 0.251 e. The summed E-state index contributed by atoms with van der Waals surface area (Å²) in [5, 5.41) is 15.6. The molecule has 174 valence electrons. The summed E-state index contributed by atoms with van der Waals surface area (Å²) >= 11 is 6.27. The number of fused-ring (bicyclic) bond motifs is 1. The lowest BCUT2D eigenvalue weighted by Crippen LogP contribution is -2.41. The van der Waals surface area contributed by atoms with Gasteiger partial charge in [0.05, 0.1) is 35.1 Å². The number of para-hydroxylation sites is 1. The molecule has 0 radical (unpaired) electrons. The highest BCUT2D eigenvalue weighted by Gasteiger charge is 2.14. The Hall–Kier alpha value is -3.39. The quantitative estimate of drug-likeness (QED) is 0.361. The van der Waals surface area contributed by atoms with E-state index in [4.69, 9.17) is 16.3 Å². The molecule has 0 spiro atoms. The highest BCUT2D eigenvalue weighted by Crippen LogP contribution is 2.31. The third-order valence-electron chi connectivity index (χ3n) is 5.93. The summed E-state index contributed by atoms with van der Waals surface area (Å²) in [6.45, 7) is 4.76. The second-order valence-electron chi connectivity index (χ2n) is 8.23. The fourth-order valence-electron chi connectivity index (χ4n) is 4.10. The molecule has 5 rings (SSSR count). The molecule has 1 saturated heterocycles. The minimum Gasteiger partial charge on any atom is -0.379 e. The molecule has 0 saturated carbocycles. The lowest BCUT2D eigenvalue weighted by Gasteiger charge is -2.26. The van der Waals surface area contributed by atoms with Gasteiger partial charge in [-0.2, -0.15) is 5.10 Å². The Kier molecular flexibility index (Phi) is 6.76. The van der Waals surface area contributed by atoms with Crippen molar-refractivity contribution in [1.29, 1.82) is 0 Å². The standard InChI is InChI=1S/C26H26ClN5O2/c27-22-6-1-2-7-23(22)29-20-8-9-21-24(17-20)30-31-25(21)18-4-3-5-19(16-18)26(33)28-10-11-32-12-14-34-15-13-32/h1-9,16-17,29H,10-15H2,(H,28,33)(H,30,31). The number of aromatic amines is 1. The van der Waals surface area contributed by atoms with Crippen LogP contribution in [-0.2, 0) is 4.74 Å². The first-order valence-corrected chi connectivity index (χ1v) is 11.7. The van der Waals surface area contributed by atoms with Gasteiger partial charge in [0.15, 0.2) is 0 Å². The van der Waals surface area contributed by atoms with Crippen molar-refractivity contribution in [2.75, 3.05) is 44.7 Å². The number of aromatic nitrogens is 2. The number of halogens is 1. The van der Waals surface area contributed by atoms with Crippen LogP contribution in [0.3, 0.4) is 0 Å². The summed E-state index contributed by atoms with van der Waals surface area (Å²) in [7, 11) is 0. The number of amides is 1. The molecular formula is C26H26ClN5O2. The number of rotatable bonds is 7. The first-order valence-electron chi connectivity index (χ1n) is 11.4. The minimum absolute atomic E-state index is 0.0822. The maximum Gasteiger partial charge on any atom is 0.251 e. The van der Waals surface area contributed by atoms with Gasteiger partial charge in [0.1, 0.15) is 0 Å². The molecule has 0 bridgehead atoms. The van der Waals surface area contributed by atoms with E-state index in [1.807, 2.05) is 66.7 Å². The Labute approximate surface area is 203 Å². The summed E-state index contributed by atoms with van der Waals surface area (Å²) in [5.41, 5.74) is 4.96. The van der Waals surface area contributed by atoms with E-state index in [9.17, 15) is 4.79 Å². The van der Waals surface area contributed by atoms with Gasteiger partial charge in [0, 0.05) is 48.4 Å². The Morgan fingerprint density at radius 1 is 1.06 bits per heavy atom. The van der Waals surface area contributed by atoms with Crippen LogP contribution in [0.15, 0.2) is 66.7 Å². The lowest BCUT2D eigenvalue weighted by atomic mass is 10.0. The van der Waals surface area contributed by atoms with Crippen molar-refractivity contribution in [2.24, 2.45) is 0 Å². The molecule has 3 N–H and O–H groups in total. The summed E-state index contributed by atoms with van der Waals surface area (Å²) in [6, 6.07) is 21.2. The average molecular weight is 476 g/mol. The number of carbonyl (C=O) groups is 1. The van der Waals surface area contributed by atoms with Crippen LogP contribution in [0.4, 0.5) is 11.4 Å². The van der Waals surface area contributed by atoms with Crippen LogP contribution in [0.1, 0.15) is 10.4 Å². The predicted molar refractivity (Wildman–Crippen MR) is 136 cm³/mol. The zero-order valence-electron chi connectivity index (χ0n) is 18.7. The molecule has 1 fully saturated rings. The van der Waals surface area contributed by atoms with Gasteiger partial charge in [-0.1, -0.05) is 35.9 Å². The average Bonchev–Trinajstić information content (AvgIpc) is 3.29. The number of benzene rings is 3. The zero-order chi connectivity index (χ0) is 23.3. The molecule has 0 unspecified atom stereocenters. The summed E-state index contributed by atoms with van der Waals surface area (Å²) in [5.74, 6) is -0.0822. The first kappa shape index (κ1) is 22.4. The number of nitrogens with one attached hydrogen (secondary N) is 3. The van der Waals surface area contributed by atoms with Crippen molar-refractivity contribution in [3.8, 4) is 11.3 Å². The topological polar surface area (TPSA) is 82.3 Å². The first-order chi connectivity index (χ1) is 16.7. The Morgan fingerprint density at radius 3 is 2.76 bits per heavy atom. The molecule has 1 aliphatic heterocycles. The van der Waals surface area contributed by atoms with Gasteiger partial charge in [0.2, 0.25) is 0 Å². The minimum atomic E-state index is -0.0822. The number of H-pyrrole nitrogens is 1. The SMILES string of the molecule is O=C(NCCN1CCOCC1)c1cccc(-c2n[nH]c3cc(Nc4ccccc4Cl)ccc23)c1. The highest BCUT2D eigenvalue weighted by atomic mass is 35.5. The number of nitrogens with zero attached hydrogens (tertiary/aromatic N) is 2. The number of hydrogen-bond acceptors (Lipinski definition) is 5. The summed E-state index contributed by atoms with van der Waals surface area (Å²) in [6.07, 6.45) is 0. The van der Waals surface area contributed by atoms with E-state index in [1.54, 1.807) is 0 Å². The van der Waals surface area contributed by atoms with Crippen molar-refractivity contribution in [3.63, 3.8) is 0 Å². The van der Waals surface area contributed by atoms with Crippen molar-refractivity contribution in [1.82, 2.24) is 20.4 Å². The number of ether oxygens (including phenoxy) is 1. The van der Waals surface area contributed by atoms with Gasteiger partial charge >= 0.3 is 0 Å². The molecule has 0 atom stereocenters. The fraction of sp³-hybridized carbons (Fsp3) is 0.231. The van der Waals surface area contributed by atoms with Crippen LogP contribution >= 0.6 is 11.6 Å². The maximum absolute atomic E-state index is 12.7. The zero-order valence-corrected chi connectivity index (χ0v) is 19.4. The third-order valence-corrected chi connectivity index (χ3v) is 6.26. The summed E-state index contributed by atoms with van der Waals surface area (Å²) in [4.78, 5) is 15.0. The van der Waals surface area contributed by atoms with E-state index in [-0.39, 0.29) is 5.91 Å². The molecule has 1 aromatic heterocycles. The summed E-state index contributed by atoms with van der Waals surface area (Å²) < 4.78 is 5.37. The molecule has 2 heterocycles. The van der Waals surface area contributed by atoms with Crippen LogP contribution in [0.2, 0.25) is 5.02 Å². The van der Waals surface area contributed by atoms with Gasteiger partial charge < -0.3 is 15.4 Å². The largest absolute Gasteiger partial charge is 0.379 e. The van der Waals surface area contributed by atoms with E-state index >= 15 is 0 Å². The number of carbonyl (C=O) groups excluding carboxylic acids is 1. The van der Waals surface area contributed by atoms with E-state index in [0.29, 0.717) is 17.1 Å². The van der Waals surface area contributed by atoms with Crippen molar-refractivity contribution in [3.05, 3.63) is 77.3 Å². The Balaban J connectivity index is 1.29. The molecule has 3 aromatic carbocycles. The van der Waals surface area contributed by atoms with Crippen LogP contribution in [0.25, 0.3) is 22.2 Å². The second-order valence-corrected chi connectivity index (χ2v) is 8.64. The van der Waals surface area contributed by atoms with Crippen molar-refractivity contribution in [2.45, 2.75) is 0 Å². The van der Waals surface area contributed by atoms with E-state index < -0.39 is 0 Å². The fourth-order valence-corrected chi connectivity index (χ4v) is 4.28. The maximum atomic E-state index is 12.7. The molecular weight excluding hydrogens is 450 g/mol. The van der Waals surface area contributed by atoms with Crippen molar-refractivity contribution >= 4 is 39.8 Å². The van der Waals surface area contributed by atoms with Crippen LogP contribution in [0, 0.1) is 0 Å². The van der Waals surface area contributed by atoms with Gasteiger partial charge in [-0.3, -0.25) is 14.8 Å². The molecule has 1 aliphatic rings. The molecule has 4 aromatic rings. The highest BCUT2D eigenvalue weighted by molar-refractivity contribution is 6.33. The molecule has 1 amide bonds.